The first kappa shape index (κ1) is 12.9. The van der Waals surface area contributed by atoms with E-state index >= 15 is 0 Å². The molecule has 3 rings (SSSR count). The van der Waals surface area contributed by atoms with Gasteiger partial charge in [0.25, 0.3) is 0 Å². The lowest BCUT2D eigenvalue weighted by Gasteiger charge is -2.38. The minimum Gasteiger partial charge on any atom is -0.478 e. The van der Waals surface area contributed by atoms with Crippen molar-refractivity contribution < 1.29 is 19.4 Å². The molecule has 2 aliphatic heterocycles. The van der Waals surface area contributed by atoms with E-state index in [1.54, 1.807) is 12.1 Å². The first-order valence-corrected chi connectivity index (χ1v) is 6.64. The quantitative estimate of drug-likeness (QED) is 0.855. The van der Waals surface area contributed by atoms with Crippen LogP contribution < -0.4 is 10.2 Å². The molecule has 1 unspecified atom stereocenters. The van der Waals surface area contributed by atoms with E-state index < -0.39 is 12.1 Å². The molecule has 106 valence electrons. The molecule has 6 heteroatoms. The van der Waals surface area contributed by atoms with Crippen molar-refractivity contribution in [2.45, 2.75) is 18.4 Å². The number of carbonyl (C=O) groups excluding carboxylic acids is 1. The van der Waals surface area contributed by atoms with E-state index in [1.807, 2.05) is 0 Å². The van der Waals surface area contributed by atoms with Gasteiger partial charge in [0.2, 0.25) is 0 Å². The van der Waals surface area contributed by atoms with Crippen LogP contribution in [0.25, 0.3) is 0 Å². The third kappa shape index (κ3) is 2.22. The lowest BCUT2D eigenvalue weighted by molar-refractivity contribution is 0.0105. The van der Waals surface area contributed by atoms with Crippen LogP contribution in [0.1, 0.15) is 23.2 Å². The molecule has 2 heterocycles. The second kappa shape index (κ2) is 4.79. The molecule has 1 spiro atoms. The van der Waals surface area contributed by atoms with Crippen molar-refractivity contribution in [2.24, 2.45) is 0 Å². The molecule has 2 saturated heterocycles. The Morgan fingerprint density at radius 3 is 2.90 bits per heavy atom. The summed E-state index contributed by atoms with van der Waals surface area (Å²) in [5.41, 5.74) is 0.353. The smallest absolute Gasteiger partial charge is 0.414 e. The fraction of sp³-hybridized carbons (Fsp3) is 0.429. The van der Waals surface area contributed by atoms with E-state index in [0.29, 0.717) is 18.8 Å². The summed E-state index contributed by atoms with van der Waals surface area (Å²) >= 11 is 0. The molecule has 2 aliphatic rings. The molecule has 0 radical (unpaired) electrons. The number of nitrogens with one attached hydrogen (secondary N) is 1. The van der Waals surface area contributed by atoms with Crippen molar-refractivity contribution in [3.63, 3.8) is 0 Å². The van der Waals surface area contributed by atoms with Gasteiger partial charge in [-0.2, -0.15) is 0 Å². The fourth-order valence-electron chi connectivity index (χ4n) is 2.76. The zero-order valence-corrected chi connectivity index (χ0v) is 11.0. The Hall–Kier alpha value is -2.08. The van der Waals surface area contributed by atoms with E-state index in [-0.39, 0.29) is 11.2 Å². The molecule has 6 nitrogen and oxygen atoms in total. The Balaban J connectivity index is 1.80. The van der Waals surface area contributed by atoms with Crippen molar-refractivity contribution in [3.8, 4) is 0 Å². The first-order chi connectivity index (χ1) is 9.60. The molecular formula is C14H16N2O4. The molecule has 2 N–H and O–H groups in total. The number of carboxylic acid groups (broad SMARTS) is 1. The number of carboxylic acids is 1. The number of anilines is 1. The van der Waals surface area contributed by atoms with E-state index in [2.05, 4.69) is 5.32 Å². The zero-order chi connectivity index (χ0) is 14.2. The van der Waals surface area contributed by atoms with E-state index in [4.69, 9.17) is 9.84 Å². The summed E-state index contributed by atoms with van der Waals surface area (Å²) in [6, 6.07) is 6.35. The number of amides is 1. The summed E-state index contributed by atoms with van der Waals surface area (Å²) in [7, 11) is 0. The summed E-state index contributed by atoms with van der Waals surface area (Å²) in [6.07, 6.45) is 1.19. The van der Waals surface area contributed by atoms with E-state index in [1.165, 1.54) is 17.0 Å². The molecule has 0 saturated carbocycles. The van der Waals surface area contributed by atoms with Crippen LogP contribution in [0.2, 0.25) is 0 Å². The first-order valence-electron chi connectivity index (χ1n) is 6.64. The van der Waals surface area contributed by atoms with Crippen LogP contribution in [0.15, 0.2) is 24.3 Å². The number of carbonyl (C=O) groups is 2. The summed E-state index contributed by atoms with van der Waals surface area (Å²) in [5.74, 6) is -1.01. The van der Waals surface area contributed by atoms with Crippen LogP contribution in [0.5, 0.6) is 0 Å². The molecular weight excluding hydrogens is 260 g/mol. The Kier molecular flexibility index (Phi) is 3.10. The van der Waals surface area contributed by atoms with Gasteiger partial charge in [-0.3, -0.25) is 4.90 Å². The average molecular weight is 276 g/mol. The van der Waals surface area contributed by atoms with Gasteiger partial charge in [0.05, 0.1) is 5.56 Å². The summed E-state index contributed by atoms with van der Waals surface area (Å²) in [4.78, 5) is 24.6. The average Bonchev–Trinajstić information content (AvgIpc) is 2.87. The maximum atomic E-state index is 12.2. The van der Waals surface area contributed by atoms with Gasteiger partial charge in [-0.1, -0.05) is 6.07 Å². The predicted molar refractivity (Wildman–Crippen MR) is 72.1 cm³/mol. The van der Waals surface area contributed by atoms with Gasteiger partial charge in [-0.15, -0.1) is 0 Å². The Bertz CT molecular complexity index is 552. The highest BCUT2D eigenvalue weighted by atomic mass is 16.6. The van der Waals surface area contributed by atoms with Gasteiger partial charge < -0.3 is 15.2 Å². The van der Waals surface area contributed by atoms with Crippen molar-refractivity contribution in [1.29, 1.82) is 0 Å². The Labute approximate surface area is 116 Å². The van der Waals surface area contributed by atoms with Gasteiger partial charge >= 0.3 is 12.1 Å². The monoisotopic (exact) mass is 276 g/mol. The summed E-state index contributed by atoms with van der Waals surface area (Å²) in [5, 5.41) is 12.2. The lowest BCUT2D eigenvalue weighted by atomic mass is 9.96. The summed E-state index contributed by atoms with van der Waals surface area (Å²) in [6.45, 7) is 2.10. The highest BCUT2D eigenvalue weighted by Crippen LogP contribution is 2.31. The van der Waals surface area contributed by atoms with Gasteiger partial charge in [-0.05, 0) is 24.7 Å². The third-order valence-corrected chi connectivity index (χ3v) is 3.92. The molecule has 0 aromatic heterocycles. The number of benzene rings is 1. The highest BCUT2D eigenvalue weighted by Gasteiger charge is 2.43. The van der Waals surface area contributed by atoms with Crippen LogP contribution in [-0.2, 0) is 4.74 Å². The largest absolute Gasteiger partial charge is 0.478 e. The van der Waals surface area contributed by atoms with Gasteiger partial charge in [0.15, 0.2) is 0 Å². The second-order valence-electron chi connectivity index (χ2n) is 5.23. The van der Waals surface area contributed by atoms with Crippen molar-refractivity contribution >= 4 is 17.7 Å². The van der Waals surface area contributed by atoms with Crippen LogP contribution in [0.3, 0.4) is 0 Å². The van der Waals surface area contributed by atoms with Gasteiger partial charge in [-0.25, -0.2) is 9.59 Å². The minimum atomic E-state index is -1.01. The van der Waals surface area contributed by atoms with Crippen LogP contribution >= 0.6 is 0 Å². The number of aromatic carboxylic acids is 1. The number of ether oxygens (including phenoxy) is 1. The standard InChI is InChI=1S/C14H16N2O4/c17-12(18)10-2-1-3-11(8-10)16-7-5-14(20-13(16)19)4-6-15-9-14/h1-3,8,15H,4-7,9H2,(H,17,18). The molecule has 1 aromatic rings. The second-order valence-corrected chi connectivity index (χ2v) is 5.23. The molecule has 1 aromatic carbocycles. The van der Waals surface area contributed by atoms with E-state index in [0.717, 1.165) is 19.4 Å². The molecule has 0 bridgehead atoms. The van der Waals surface area contributed by atoms with Gasteiger partial charge in [0, 0.05) is 31.6 Å². The SMILES string of the molecule is O=C(O)c1cccc(N2CCC3(CCNC3)OC2=O)c1. The van der Waals surface area contributed by atoms with Crippen molar-refractivity contribution in [2.75, 3.05) is 24.5 Å². The van der Waals surface area contributed by atoms with Crippen LogP contribution in [-0.4, -0.2) is 42.4 Å². The number of nitrogens with zero attached hydrogens (tertiary/aromatic N) is 1. The topological polar surface area (TPSA) is 78.9 Å². The van der Waals surface area contributed by atoms with Crippen LogP contribution in [0.4, 0.5) is 10.5 Å². The normalized spacial score (nSPS) is 25.8. The highest BCUT2D eigenvalue weighted by molar-refractivity contribution is 5.93. The van der Waals surface area contributed by atoms with Crippen LogP contribution in [0, 0.1) is 0 Å². The number of hydrogen-bond acceptors (Lipinski definition) is 4. The lowest BCUT2D eigenvalue weighted by Crippen LogP contribution is -2.50. The Morgan fingerprint density at radius 1 is 1.40 bits per heavy atom. The third-order valence-electron chi connectivity index (χ3n) is 3.92. The van der Waals surface area contributed by atoms with Crippen molar-refractivity contribution in [1.82, 2.24) is 5.32 Å². The maximum Gasteiger partial charge on any atom is 0.414 e. The van der Waals surface area contributed by atoms with Gasteiger partial charge in [0.1, 0.15) is 5.60 Å². The molecule has 1 atom stereocenters. The molecule has 2 fully saturated rings. The minimum absolute atomic E-state index is 0.165. The fourth-order valence-corrected chi connectivity index (χ4v) is 2.76. The molecule has 0 aliphatic carbocycles. The number of hydrogen-bond donors (Lipinski definition) is 2. The predicted octanol–water partition coefficient (Wildman–Crippen LogP) is 1.46. The maximum absolute atomic E-state index is 12.2. The molecule has 20 heavy (non-hydrogen) atoms. The molecule has 1 amide bonds. The zero-order valence-electron chi connectivity index (χ0n) is 11.0. The van der Waals surface area contributed by atoms with Crippen molar-refractivity contribution in [3.05, 3.63) is 29.8 Å². The van der Waals surface area contributed by atoms with E-state index in [9.17, 15) is 9.59 Å². The number of rotatable bonds is 2. The summed E-state index contributed by atoms with van der Waals surface area (Å²) < 4.78 is 5.58. The Morgan fingerprint density at radius 2 is 2.25 bits per heavy atom.